The number of carbonyl (C=O) groups excluding carboxylic acids is 2. The first-order valence-corrected chi connectivity index (χ1v) is 9.54. The lowest BCUT2D eigenvalue weighted by atomic mass is 10.1. The van der Waals surface area contributed by atoms with Gasteiger partial charge in [-0.2, -0.15) is 0 Å². The number of hydrogen-bond acceptors (Lipinski definition) is 5. The molecule has 2 aromatic carbocycles. The van der Waals surface area contributed by atoms with Gasteiger partial charge in [0.15, 0.2) is 9.84 Å². The van der Waals surface area contributed by atoms with Crippen LogP contribution in [0.25, 0.3) is 0 Å². The minimum absolute atomic E-state index is 0. The fourth-order valence-electron chi connectivity index (χ4n) is 2.80. The molecule has 2 amide bonds. The second-order valence-corrected chi connectivity index (χ2v) is 8.12. The minimum Gasteiger partial charge on any atom is -0.322 e. The number of halogens is 1. The van der Waals surface area contributed by atoms with Gasteiger partial charge in [0.2, 0.25) is 0 Å². The Morgan fingerprint density at radius 2 is 1.46 bits per heavy atom. The van der Waals surface area contributed by atoms with Crippen LogP contribution in [0.1, 0.15) is 39.2 Å². The molecule has 8 heteroatoms. The van der Waals surface area contributed by atoms with Crippen LogP contribution in [0.5, 0.6) is 0 Å². The summed E-state index contributed by atoms with van der Waals surface area (Å²) in [4.78, 5) is 26.1. The first kappa shape index (κ1) is 20.1. The molecule has 0 bridgehead atoms. The summed E-state index contributed by atoms with van der Waals surface area (Å²) in [5.41, 5.74) is 7.55. The van der Waals surface area contributed by atoms with E-state index in [-0.39, 0.29) is 41.4 Å². The summed E-state index contributed by atoms with van der Waals surface area (Å²) in [5, 5.41) is 0. The number of nitrogens with two attached hydrogens (primary N) is 1. The molecular weight excluding hydrogens is 376 g/mol. The summed E-state index contributed by atoms with van der Waals surface area (Å²) < 4.78 is 23.7. The summed E-state index contributed by atoms with van der Waals surface area (Å²) in [6.07, 6.45) is 0. The summed E-state index contributed by atoms with van der Waals surface area (Å²) in [6, 6.07) is 12.3. The van der Waals surface area contributed by atoms with Gasteiger partial charge in [-0.3, -0.25) is 14.5 Å². The molecule has 0 saturated carbocycles. The Hall–Kier alpha value is -2.22. The van der Waals surface area contributed by atoms with Crippen LogP contribution >= 0.6 is 12.4 Å². The Labute approximate surface area is 158 Å². The van der Waals surface area contributed by atoms with Crippen molar-refractivity contribution in [3.8, 4) is 0 Å². The van der Waals surface area contributed by atoms with Crippen molar-refractivity contribution in [1.29, 1.82) is 0 Å². The van der Waals surface area contributed by atoms with Crippen LogP contribution < -0.4 is 5.73 Å². The van der Waals surface area contributed by atoms with E-state index in [1.165, 1.54) is 12.1 Å². The first-order valence-electron chi connectivity index (χ1n) is 7.88. The van der Waals surface area contributed by atoms with Crippen LogP contribution in [-0.2, 0) is 9.84 Å². The van der Waals surface area contributed by atoms with Gasteiger partial charge >= 0.3 is 0 Å². The molecule has 26 heavy (non-hydrogen) atoms. The third kappa shape index (κ3) is 3.51. The molecule has 6 nitrogen and oxygen atoms in total. The Bertz CT molecular complexity index is 907. The number of nitrogens with zero attached hydrogens (tertiary/aromatic N) is 1. The SMILES string of the molecule is CCS(=O)(=O)c1ccc(C(N)CN2C(=O)c3ccccc3C2=O)cc1.Cl. The molecule has 2 aromatic rings. The van der Waals surface area contributed by atoms with E-state index in [4.69, 9.17) is 5.73 Å². The second kappa shape index (κ2) is 7.57. The van der Waals surface area contributed by atoms with E-state index < -0.39 is 15.9 Å². The van der Waals surface area contributed by atoms with E-state index >= 15 is 0 Å². The number of benzene rings is 2. The monoisotopic (exact) mass is 394 g/mol. The minimum atomic E-state index is -3.28. The number of carbonyl (C=O) groups is 2. The fourth-order valence-corrected chi connectivity index (χ4v) is 3.68. The van der Waals surface area contributed by atoms with Gasteiger partial charge in [0.25, 0.3) is 11.8 Å². The number of fused-ring (bicyclic) bond motifs is 1. The topological polar surface area (TPSA) is 97.5 Å². The van der Waals surface area contributed by atoms with Crippen molar-refractivity contribution in [1.82, 2.24) is 4.90 Å². The zero-order valence-corrected chi connectivity index (χ0v) is 15.7. The van der Waals surface area contributed by atoms with Crippen molar-refractivity contribution < 1.29 is 18.0 Å². The Kier molecular flexibility index (Phi) is 5.85. The average Bonchev–Trinajstić information content (AvgIpc) is 2.87. The van der Waals surface area contributed by atoms with Gasteiger partial charge in [0.05, 0.1) is 21.8 Å². The molecule has 3 rings (SSSR count). The van der Waals surface area contributed by atoms with Gasteiger partial charge < -0.3 is 5.73 Å². The summed E-state index contributed by atoms with van der Waals surface area (Å²) in [6.45, 7) is 1.61. The van der Waals surface area contributed by atoms with Crippen molar-refractivity contribution in [2.24, 2.45) is 5.73 Å². The number of sulfone groups is 1. The quantitative estimate of drug-likeness (QED) is 0.784. The van der Waals surface area contributed by atoms with E-state index in [0.717, 1.165) is 4.90 Å². The van der Waals surface area contributed by atoms with Crippen molar-refractivity contribution in [3.05, 3.63) is 65.2 Å². The maximum absolute atomic E-state index is 12.4. The van der Waals surface area contributed by atoms with Gasteiger partial charge in [0, 0.05) is 12.6 Å². The molecule has 0 fully saturated rings. The van der Waals surface area contributed by atoms with Gasteiger partial charge in [-0.15, -0.1) is 12.4 Å². The molecule has 1 aliphatic heterocycles. The highest BCUT2D eigenvalue weighted by atomic mass is 35.5. The predicted molar refractivity (Wildman–Crippen MR) is 100 cm³/mol. The van der Waals surface area contributed by atoms with Crippen molar-refractivity contribution in [3.63, 3.8) is 0 Å². The average molecular weight is 395 g/mol. The molecule has 1 aliphatic rings. The van der Waals surface area contributed by atoms with Crippen LogP contribution in [0.15, 0.2) is 53.4 Å². The summed E-state index contributed by atoms with van der Waals surface area (Å²) >= 11 is 0. The predicted octanol–water partition coefficient (Wildman–Crippen LogP) is 2.20. The van der Waals surface area contributed by atoms with Gasteiger partial charge in [0.1, 0.15) is 0 Å². The van der Waals surface area contributed by atoms with E-state index in [9.17, 15) is 18.0 Å². The molecule has 138 valence electrons. The number of hydrogen-bond donors (Lipinski definition) is 1. The Balaban J connectivity index is 0.00000243. The highest BCUT2D eigenvalue weighted by Crippen LogP contribution is 2.25. The molecule has 0 aliphatic carbocycles. The number of amides is 2. The number of rotatable bonds is 5. The lowest BCUT2D eigenvalue weighted by Crippen LogP contribution is -2.36. The smallest absolute Gasteiger partial charge is 0.261 e. The highest BCUT2D eigenvalue weighted by molar-refractivity contribution is 7.91. The molecule has 1 heterocycles. The Morgan fingerprint density at radius 1 is 0.962 bits per heavy atom. The standard InChI is InChI=1S/C18H18N2O4S.ClH/c1-2-25(23,24)13-9-7-12(8-10-13)16(19)11-20-17(21)14-5-3-4-6-15(14)18(20)22;/h3-10,16H,2,11,19H2,1H3;1H. The van der Waals surface area contributed by atoms with Crippen LogP contribution in [0.4, 0.5) is 0 Å². The van der Waals surface area contributed by atoms with Crippen LogP contribution in [0, 0.1) is 0 Å². The summed E-state index contributed by atoms with van der Waals surface area (Å²) in [5.74, 6) is -0.699. The van der Waals surface area contributed by atoms with Crippen molar-refractivity contribution >= 4 is 34.1 Å². The van der Waals surface area contributed by atoms with E-state index in [2.05, 4.69) is 0 Å². The van der Waals surface area contributed by atoms with Gasteiger partial charge in [-0.05, 0) is 29.8 Å². The van der Waals surface area contributed by atoms with Crippen LogP contribution in [0.2, 0.25) is 0 Å². The Morgan fingerprint density at radius 3 is 1.92 bits per heavy atom. The van der Waals surface area contributed by atoms with E-state index in [1.54, 1.807) is 43.3 Å². The molecule has 2 N–H and O–H groups in total. The lowest BCUT2D eigenvalue weighted by molar-refractivity contribution is 0.0644. The third-order valence-electron chi connectivity index (χ3n) is 4.30. The molecule has 1 unspecified atom stereocenters. The zero-order valence-electron chi connectivity index (χ0n) is 14.1. The molecule has 0 spiro atoms. The van der Waals surface area contributed by atoms with E-state index in [0.29, 0.717) is 16.7 Å². The van der Waals surface area contributed by atoms with Crippen molar-refractivity contribution in [2.75, 3.05) is 12.3 Å². The molecular formula is C18H19ClN2O4S. The van der Waals surface area contributed by atoms with Gasteiger partial charge in [-0.25, -0.2) is 8.42 Å². The summed E-state index contributed by atoms with van der Waals surface area (Å²) in [7, 11) is -3.28. The normalized spacial score (nSPS) is 14.8. The van der Waals surface area contributed by atoms with Gasteiger partial charge in [-0.1, -0.05) is 31.2 Å². The third-order valence-corrected chi connectivity index (χ3v) is 6.06. The molecule has 1 atom stereocenters. The van der Waals surface area contributed by atoms with E-state index in [1.807, 2.05) is 0 Å². The second-order valence-electron chi connectivity index (χ2n) is 5.85. The molecule has 0 saturated heterocycles. The largest absolute Gasteiger partial charge is 0.322 e. The maximum Gasteiger partial charge on any atom is 0.261 e. The fraction of sp³-hybridized carbons (Fsp3) is 0.222. The first-order chi connectivity index (χ1) is 11.8. The van der Waals surface area contributed by atoms with Crippen LogP contribution in [0.3, 0.4) is 0 Å². The van der Waals surface area contributed by atoms with Crippen molar-refractivity contribution in [2.45, 2.75) is 17.9 Å². The molecule has 0 aromatic heterocycles. The molecule has 0 radical (unpaired) electrons. The lowest BCUT2D eigenvalue weighted by Gasteiger charge is -2.19. The zero-order chi connectivity index (χ0) is 18.2. The maximum atomic E-state index is 12.4. The van der Waals surface area contributed by atoms with Crippen LogP contribution in [-0.4, -0.2) is 37.4 Å². The highest BCUT2D eigenvalue weighted by Gasteiger charge is 2.35. The number of imide groups is 1.